The van der Waals surface area contributed by atoms with E-state index in [0.29, 0.717) is 26.1 Å². The Kier molecular flexibility index (Phi) is 6.46. The van der Waals surface area contributed by atoms with E-state index < -0.39 is 0 Å². The van der Waals surface area contributed by atoms with E-state index in [2.05, 4.69) is 23.2 Å². The second kappa shape index (κ2) is 9.25. The van der Waals surface area contributed by atoms with Crippen LogP contribution < -0.4 is 0 Å². The van der Waals surface area contributed by atoms with Gasteiger partial charge in [-0.15, -0.1) is 11.3 Å². The molecule has 30 heavy (non-hydrogen) atoms. The van der Waals surface area contributed by atoms with Crippen LogP contribution >= 0.6 is 22.9 Å². The van der Waals surface area contributed by atoms with Crippen LogP contribution in [0, 0.1) is 13.8 Å². The van der Waals surface area contributed by atoms with Crippen molar-refractivity contribution in [3.63, 3.8) is 0 Å². The zero-order valence-electron chi connectivity index (χ0n) is 17.1. The molecule has 1 amide bonds. The lowest BCUT2D eigenvalue weighted by Gasteiger charge is -2.33. The van der Waals surface area contributed by atoms with Crippen molar-refractivity contribution in [2.75, 3.05) is 19.7 Å². The Balaban J connectivity index is 1.47. The number of thiazole rings is 1. The quantitative estimate of drug-likeness (QED) is 0.583. The molecule has 1 aromatic carbocycles. The summed E-state index contributed by atoms with van der Waals surface area (Å²) in [5.41, 5.74) is 4.95. The van der Waals surface area contributed by atoms with Crippen molar-refractivity contribution in [2.45, 2.75) is 32.8 Å². The molecule has 156 valence electrons. The fourth-order valence-corrected chi connectivity index (χ4v) is 4.55. The van der Waals surface area contributed by atoms with Gasteiger partial charge in [0, 0.05) is 22.6 Å². The van der Waals surface area contributed by atoms with Crippen LogP contribution in [0.1, 0.15) is 39.3 Å². The van der Waals surface area contributed by atoms with E-state index in [9.17, 15) is 4.79 Å². The predicted molar refractivity (Wildman–Crippen MR) is 119 cm³/mol. The largest absolute Gasteiger partial charge is 0.368 e. The smallest absolute Gasteiger partial charge is 0.228 e. The van der Waals surface area contributed by atoms with Crippen molar-refractivity contribution in [1.29, 1.82) is 0 Å². The highest BCUT2D eigenvalue weighted by molar-refractivity contribution is 7.09. The van der Waals surface area contributed by atoms with Gasteiger partial charge in [-0.25, -0.2) is 4.98 Å². The normalized spacial score (nSPS) is 16.6. The van der Waals surface area contributed by atoms with Crippen molar-refractivity contribution >= 4 is 28.8 Å². The molecule has 0 bridgehead atoms. The van der Waals surface area contributed by atoms with Crippen LogP contribution in [0.4, 0.5) is 0 Å². The van der Waals surface area contributed by atoms with E-state index in [0.717, 1.165) is 44.7 Å². The van der Waals surface area contributed by atoms with Crippen LogP contribution in [0.5, 0.6) is 0 Å². The molecule has 0 spiro atoms. The van der Waals surface area contributed by atoms with Crippen LogP contribution in [0.25, 0.3) is 0 Å². The number of carbonyl (C=O) groups excluding carboxylic acids is 1. The van der Waals surface area contributed by atoms with E-state index in [1.165, 1.54) is 0 Å². The highest BCUT2D eigenvalue weighted by Gasteiger charge is 2.27. The first-order valence-electron chi connectivity index (χ1n) is 9.98. The number of amides is 1. The summed E-state index contributed by atoms with van der Waals surface area (Å²) in [6.07, 6.45) is 0.881. The molecule has 0 unspecified atom stereocenters. The van der Waals surface area contributed by atoms with Gasteiger partial charge in [0.1, 0.15) is 6.10 Å². The molecule has 1 saturated heterocycles. The monoisotopic (exact) mass is 441 g/mol. The Bertz CT molecular complexity index is 1050. The number of halogens is 1. The second-order valence-electron chi connectivity index (χ2n) is 7.58. The number of carbonyl (C=O) groups is 1. The van der Waals surface area contributed by atoms with Gasteiger partial charge in [0.05, 0.1) is 36.0 Å². The third-order valence-electron chi connectivity index (χ3n) is 5.08. The van der Waals surface area contributed by atoms with Gasteiger partial charge in [0.25, 0.3) is 0 Å². The summed E-state index contributed by atoms with van der Waals surface area (Å²) in [4.78, 5) is 23.7. The van der Waals surface area contributed by atoms with Gasteiger partial charge in [-0.2, -0.15) is 0 Å². The number of ether oxygens (including phenoxy) is 1. The van der Waals surface area contributed by atoms with Crippen molar-refractivity contribution in [3.05, 3.63) is 80.0 Å². The number of benzene rings is 1. The molecule has 1 atom stereocenters. The lowest BCUT2D eigenvalue weighted by molar-refractivity contribution is -0.138. The molecule has 4 rings (SSSR count). The van der Waals surface area contributed by atoms with Gasteiger partial charge in [0.2, 0.25) is 5.91 Å². The van der Waals surface area contributed by atoms with E-state index >= 15 is 0 Å². The molecular formula is C23H24ClN3O2S. The number of hydrogen-bond acceptors (Lipinski definition) is 5. The highest BCUT2D eigenvalue weighted by atomic mass is 35.5. The molecule has 5 nitrogen and oxygen atoms in total. The van der Waals surface area contributed by atoms with Crippen LogP contribution in [0.3, 0.4) is 0 Å². The topological polar surface area (TPSA) is 55.3 Å². The molecule has 0 N–H and O–H groups in total. The van der Waals surface area contributed by atoms with Crippen LogP contribution in [0.15, 0.2) is 41.8 Å². The molecule has 0 saturated carbocycles. The lowest BCUT2D eigenvalue weighted by atomic mass is 10.0. The maximum atomic E-state index is 12.8. The number of aromatic nitrogens is 2. The van der Waals surface area contributed by atoms with Crippen molar-refractivity contribution < 1.29 is 9.53 Å². The zero-order valence-corrected chi connectivity index (χ0v) is 18.7. The van der Waals surface area contributed by atoms with Crippen LogP contribution in [0.2, 0.25) is 5.02 Å². The van der Waals surface area contributed by atoms with Gasteiger partial charge in [-0.05, 0) is 55.7 Å². The first kappa shape index (κ1) is 21.0. The molecule has 3 aromatic rings. The van der Waals surface area contributed by atoms with Crippen molar-refractivity contribution in [3.8, 4) is 0 Å². The summed E-state index contributed by atoms with van der Waals surface area (Å²) in [5, 5.41) is 3.67. The Hall–Kier alpha value is -2.28. The fraction of sp³-hybridized carbons (Fsp3) is 0.348. The first-order chi connectivity index (χ1) is 14.5. The number of aryl methyl sites for hydroxylation is 2. The standard InChI is InChI=1S/C23H24ClN3O2S/c1-15-8-18(9-17-4-3-5-19(24)10-17)11-21(25-15)22-13-27(6-7-29-22)23(28)12-20-14-30-16(2)26-20/h3-5,8,10-11,14,22H,6-7,9,12-13H2,1-2H3/t22-/m0/s1. The average Bonchev–Trinajstić information content (AvgIpc) is 3.12. The molecule has 3 heterocycles. The predicted octanol–water partition coefficient (Wildman–Crippen LogP) is 4.54. The van der Waals surface area contributed by atoms with Crippen molar-refractivity contribution in [2.24, 2.45) is 0 Å². The van der Waals surface area contributed by atoms with Crippen molar-refractivity contribution in [1.82, 2.24) is 14.9 Å². The lowest BCUT2D eigenvalue weighted by Crippen LogP contribution is -2.43. The number of nitrogens with zero attached hydrogens (tertiary/aromatic N) is 3. The van der Waals surface area contributed by atoms with E-state index in [-0.39, 0.29) is 12.0 Å². The van der Waals surface area contributed by atoms with Gasteiger partial charge in [0.15, 0.2) is 0 Å². The van der Waals surface area contributed by atoms with Crippen LogP contribution in [-0.2, 0) is 22.4 Å². The summed E-state index contributed by atoms with van der Waals surface area (Å²) >= 11 is 7.70. The Labute approximate surface area is 185 Å². The average molecular weight is 442 g/mol. The molecule has 0 radical (unpaired) electrons. The number of hydrogen-bond donors (Lipinski definition) is 0. The Morgan fingerprint density at radius 3 is 2.87 bits per heavy atom. The van der Waals surface area contributed by atoms with E-state index in [4.69, 9.17) is 21.3 Å². The Morgan fingerprint density at radius 1 is 1.23 bits per heavy atom. The SMILES string of the molecule is Cc1cc(Cc2cccc(Cl)c2)cc([C@@H]2CN(C(=O)Cc3csc(C)n3)CCO2)n1. The molecule has 2 aromatic heterocycles. The highest BCUT2D eigenvalue weighted by Crippen LogP contribution is 2.24. The maximum Gasteiger partial charge on any atom is 0.228 e. The number of rotatable bonds is 5. The Morgan fingerprint density at radius 2 is 2.10 bits per heavy atom. The van der Waals surface area contributed by atoms with Gasteiger partial charge < -0.3 is 9.64 Å². The third kappa shape index (κ3) is 5.25. The summed E-state index contributed by atoms with van der Waals surface area (Å²) < 4.78 is 5.99. The second-order valence-corrected chi connectivity index (χ2v) is 9.08. The fourth-order valence-electron chi connectivity index (χ4n) is 3.73. The third-order valence-corrected chi connectivity index (χ3v) is 6.14. The summed E-state index contributed by atoms with van der Waals surface area (Å²) in [5.74, 6) is 0.0837. The van der Waals surface area contributed by atoms with Gasteiger partial charge >= 0.3 is 0 Å². The number of morpholine rings is 1. The molecule has 7 heteroatoms. The van der Waals surface area contributed by atoms with E-state index in [1.54, 1.807) is 11.3 Å². The summed E-state index contributed by atoms with van der Waals surface area (Å²) in [7, 11) is 0. The minimum Gasteiger partial charge on any atom is -0.368 e. The molecule has 1 fully saturated rings. The molecule has 1 aliphatic heterocycles. The first-order valence-corrected chi connectivity index (χ1v) is 11.2. The summed E-state index contributed by atoms with van der Waals surface area (Å²) in [6.45, 7) is 5.55. The molecular weight excluding hydrogens is 418 g/mol. The number of pyridine rings is 1. The van der Waals surface area contributed by atoms with E-state index in [1.807, 2.05) is 42.3 Å². The molecule has 1 aliphatic rings. The zero-order chi connectivity index (χ0) is 21.1. The van der Waals surface area contributed by atoms with Gasteiger partial charge in [-0.1, -0.05) is 23.7 Å². The maximum absolute atomic E-state index is 12.8. The summed E-state index contributed by atoms with van der Waals surface area (Å²) in [6, 6.07) is 12.1. The minimum absolute atomic E-state index is 0.0837. The minimum atomic E-state index is -0.224. The van der Waals surface area contributed by atoms with Crippen LogP contribution in [-0.4, -0.2) is 40.5 Å². The molecule has 0 aliphatic carbocycles. The van der Waals surface area contributed by atoms with Gasteiger partial charge in [-0.3, -0.25) is 9.78 Å².